The summed E-state index contributed by atoms with van der Waals surface area (Å²) in [5.41, 5.74) is 2.74. The number of hydrogen-bond acceptors (Lipinski definition) is 2. The highest BCUT2D eigenvalue weighted by Crippen LogP contribution is 2.27. The van der Waals surface area contributed by atoms with Gasteiger partial charge in [0, 0.05) is 31.4 Å². The van der Waals surface area contributed by atoms with Crippen LogP contribution in [0.3, 0.4) is 0 Å². The first-order chi connectivity index (χ1) is 10.3. The Morgan fingerprint density at radius 2 is 2.19 bits per heavy atom. The van der Waals surface area contributed by atoms with E-state index in [4.69, 9.17) is 4.99 Å². The SMILES string of the molecule is CCNC(=NCCN(C)C1CC1)N1CCc2ccccc21. The van der Waals surface area contributed by atoms with E-state index in [9.17, 15) is 0 Å². The highest BCUT2D eigenvalue weighted by atomic mass is 15.3. The fraction of sp³-hybridized carbons (Fsp3) is 0.588. The summed E-state index contributed by atoms with van der Waals surface area (Å²) < 4.78 is 0. The lowest BCUT2D eigenvalue weighted by atomic mass is 10.2. The number of guanidine groups is 1. The van der Waals surface area contributed by atoms with Gasteiger partial charge in [-0.15, -0.1) is 0 Å². The molecule has 4 heteroatoms. The van der Waals surface area contributed by atoms with Gasteiger partial charge in [0.15, 0.2) is 5.96 Å². The molecular formula is C17H26N4. The van der Waals surface area contributed by atoms with Crippen LogP contribution in [0.4, 0.5) is 5.69 Å². The topological polar surface area (TPSA) is 30.9 Å². The monoisotopic (exact) mass is 286 g/mol. The Morgan fingerprint density at radius 3 is 2.95 bits per heavy atom. The van der Waals surface area contributed by atoms with Gasteiger partial charge in [-0.05, 0) is 44.9 Å². The minimum absolute atomic E-state index is 0.815. The molecule has 0 saturated heterocycles. The lowest BCUT2D eigenvalue weighted by molar-refractivity contribution is 0.334. The Balaban J connectivity index is 1.66. The largest absolute Gasteiger partial charge is 0.356 e. The molecule has 1 aliphatic carbocycles. The molecule has 4 nitrogen and oxygen atoms in total. The third kappa shape index (κ3) is 3.38. The van der Waals surface area contributed by atoms with Crippen molar-refractivity contribution in [3.05, 3.63) is 29.8 Å². The van der Waals surface area contributed by atoms with Gasteiger partial charge in [-0.3, -0.25) is 4.99 Å². The number of hydrogen-bond donors (Lipinski definition) is 1. The molecular weight excluding hydrogens is 260 g/mol. The molecule has 1 aromatic rings. The molecule has 1 saturated carbocycles. The van der Waals surface area contributed by atoms with Crippen molar-refractivity contribution in [3.8, 4) is 0 Å². The van der Waals surface area contributed by atoms with Crippen molar-refractivity contribution in [1.82, 2.24) is 10.2 Å². The van der Waals surface area contributed by atoms with Crippen LogP contribution in [0.25, 0.3) is 0 Å². The fourth-order valence-electron chi connectivity index (χ4n) is 2.96. The maximum atomic E-state index is 4.83. The Kier molecular flexibility index (Phi) is 4.44. The summed E-state index contributed by atoms with van der Waals surface area (Å²) in [7, 11) is 2.21. The van der Waals surface area contributed by atoms with E-state index in [-0.39, 0.29) is 0 Å². The van der Waals surface area contributed by atoms with E-state index in [1.165, 1.54) is 24.1 Å². The number of para-hydroxylation sites is 1. The predicted octanol–water partition coefficient (Wildman–Crippen LogP) is 2.11. The summed E-state index contributed by atoms with van der Waals surface area (Å²) >= 11 is 0. The maximum Gasteiger partial charge on any atom is 0.198 e. The summed E-state index contributed by atoms with van der Waals surface area (Å²) in [5.74, 6) is 1.03. The van der Waals surface area contributed by atoms with Crippen LogP contribution in [0, 0.1) is 0 Å². The summed E-state index contributed by atoms with van der Waals surface area (Å²) in [6.07, 6.45) is 3.84. The van der Waals surface area contributed by atoms with E-state index in [0.29, 0.717) is 0 Å². The lowest BCUT2D eigenvalue weighted by Gasteiger charge is -2.23. The first kappa shape index (κ1) is 14.4. The molecule has 0 bridgehead atoms. The number of aliphatic imine (C=N–C) groups is 1. The second kappa shape index (κ2) is 6.48. The Morgan fingerprint density at radius 1 is 1.38 bits per heavy atom. The number of nitrogens with one attached hydrogen (secondary N) is 1. The van der Waals surface area contributed by atoms with Crippen molar-refractivity contribution in [1.29, 1.82) is 0 Å². The quantitative estimate of drug-likeness (QED) is 0.664. The van der Waals surface area contributed by atoms with E-state index in [1.807, 2.05) is 0 Å². The average molecular weight is 286 g/mol. The third-order valence-corrected chi connectivity index (χ3v) is 4.36. The summed E-state index contributed by atoms with van der Waals surface area (Å²) in [6.45, 7) is 6.00. The number of anilines is 1. The summed E-state index contributed by atoms with van der Waals surface area (Å²) in [5, 5.41) is 3.44. The van der Waals surface area contributed by atoms with Gasteiger partial charge >= 0.3 is 0 Å². The molecule has 1 N–H and O–H groups in total. The van der Waals surface area contributed by atoms with Gasteiger partial charge in [0.2, 0.25) is 0 Å². The Labute approximate surface area is 127 Å². The average Bonchev–Trinajstić information content (AvgIpc) is 3.26. The van der Waals surface area contributed by atoms with Crippen LogP contribution in [0.15, 0.2) is 29.3 Å². The van der Waals surface area contributed by atoms with E-state index in [2.05, 4.69) is 53.4 Å². The Hall–Kier alpha value is -1.55. The molecule has 1 fully saturated rings. The number of rotatable bonds is 5. The van der Waals surface area contributed by atoms with Crippen molar-refractivity contribution in [2.45, 2.75) is 32.2 Å². The van der Waals surface area contributed by atoms with Crippen LogP contribution < -0.4 is 10.2 Å². The number of benzene rings is 1. The fourth-order valence-corrected chi connectivity index (χ4v) is 2.96. The molecule has 114 valence electrons. The van der Waals surface area contributed by atoms with E-state index in [0.717, 1.165) is 44.6 Å². The number of likely N-dealkylation sites (N-methyl/N-ethyl adjacent to an activating group) is 1. The van der Waals surface area contributed by atoms with Crippen LogP contribution in [-0.4, -0.2) is 50.1 Å². The molecule has 0 spiro atoms. The minimum atomic E-state index is 0.815. The molecule has 2 aliphatic rings. The first-order valence-corrected chi connectivity index (χ1v) is 8.13. The summed E-state index contributed by atoms with van der Waals surface area (Å²) in [6, 6.07) is 9.47. The molecule has 0 unspecified atom stereocenters. The summed E-state index contributed by atoms with van der Waals surface area (Å²) in [4.78, 5) is 9.60. The standard InChI is InChI=1S/C17H26N4/c1-3-18-17(19-11-13-20(2)15-8-9-15)21-12-10-14-6-4-5-7-16(14)21/h4-7,15H,3,8-13H2,1-2H3,(H,18,19). The zero-order valence-corrected chi connectivity index (χ0v) is 13.2. The van der Waals surface area contributed by atoms with Crippen LogP contribution in [-0.2, 0) is 6.42 Å². The normalized spacial score (nSPS) is 18.2. The van der Waals surface area contributed by atoms with Gasteiger partial charge in [-0.2, -0.15) is 0 Å². The van der Waals surface area contributed by atoms with Gasteiger partial charge in [0.05, 0.1) is 6.54 Å². The molecule has 0 amide bonds. The van der Waals surface area contributed by atoms with Crippen molar-refractivity contribution in [3.63, 3.8) is 0 Å². The van der Waals surface area contributed by atoms with Gasteiger partial charge in [0.1, 0.15) is 0 Å². The molecule has 1 heterocycles. The zero-order valence-electron chi connectivity index (χ0n) is 13.2. The lowest BCUT2D eigenvalue weighted by Crippen LogP contribution is -2.41. The molecule has 21 heavy (non-hydrogen) atoms. The highest BCUT2D eigenvalue weighted by Gasteiger charge is 2.26. The molecule has 0 aromatic heterocycles. The molecule has 1 aliphatic heterocycles. The van der Waals surface area contributed by atoms with Crippen LogP contribution in [0.1, 0.15) is 25.3 Å². The Bertz CT molecular complexity index is 507. The highest BCUT2D eigenvalue weighted by molar-refractivity contribution is 5.97. The van der Waals surface area contributed by atoms with Gasteiger partial charge in [-0.1, -0.05) is 18.2 Å². The molecule has 3 rings (SSSR count). The van der Waals surface area contributed by atoms with Gasteiger partial charge in [-0.25, -0.2) is 0 Å². The van der Waals surface area contributed by atoms with Gasteiger partial charge in [0.25, 0.3) is 0 Å². The number of fused-ring (bicyclic) bond motifs is 1. The van der Waals surface area contributed by atoms with E-state index in [1.54, 1.807) is 0 Å². The van der Waals surface area contributed by atoms with E-state index < -0.39 is 0 Å². The minimum Gasteiger partial charge on any atom is -0.356 e. The van der Waals surface area contributed by atoms with Crippen molar-refractivity contribution in [2.75, 3.05) is 38.1 Å². The van der Waals surface area contributed by atoms with Gasteiger partial charge < -0.3 is 15.1 Å². The van der Waals surface area contributed by atoms with E-state index >= 15 is 0 Å². The molecule has 1 aromatic carbocycles. The zero-order chi connectivity index (χ0) is 14.7. The van der Waals surface area contributed by atoms with Crippen molar-refractivity contribution < 1.29 is 0 Å². The number of nitrogens with zero attached hydrogens (tertiary/aromatic N) is 3. The second-order valence-electron chi connectivity index (χ2n) is 5.98. The van der Waals surface area contributed by atoms with Crippen molar-refractivity contribution >= 4 is 11.6 Å². The van der Waals surface area contributed by atoms with Crippen LogP contribution >= 0.6 is 0 Å². The van der Waals surface area contributed by atoms with Crippen LogP contribution in [0.2, 0.25) is 0 Å². The molecule has 0 radical (unpaired) electrons. The van der Waals surface area contributed by atoms with Crippen molar-refractivity contribution in [2.24, 2.45) is 4.99 Å². The molecule has 0 atom stereocenters. The maximum absolute atomic E-state index is 4.83. The predicted molar refractivity (Wildman–Crippen MR) is 89.1 cm³/mol. The smallest absolute Gasteiger partial charge is 0.198 e. The van der Waals surface area contributed by atoms with Crippen LogP contribution in [0.5, 0.6) is 0 Å². The first-order valence-electron chi connectivity index (χ1n) is 8.13. The third-order valence-electron chi connectivity index (χ3n) is 4.36. The second-order valence-corrected chi connectivity index (χ2v) is 5.98.